The molecule has 0 aromatic carbocycles. The summed E-state index contributed by atoms with van der Waals surface area (Å²) < 4.78 is 0. The molecule has 0 radical (unpaired) electrons. The summed E-state index contributed by atoms with van der Waals surface area (Å²) in [6.45, 7) is 4.67. The van der Waals surface area contributed by atoms with Gasteiger partial charge in [-0.25, -0.2) is 4.98 Å². The summed E-state index contributed by atoms with van der Waals surface area (Å²) in [5, 5.41) is 1.08. The summed E-state index contributed by atoms with van der Waals surface area (Å²) in [5.41, 5.74) is 2.22. The van der Waals surface area contributed by atoms with Crippen molar-refractivity contribution in [2.45, 2.75) is 20.0 Å². The molecule has 0 aliphatic heterocycles. The van der Waals surface area contributed by atoms with E-state index in [9.17, 15) is 0 Å². The maximum absolute atomic E-state index is 6.17. The van der Waals surface area contributed by atoms with Gasteiger partial charge < -0.3 is 0 Å². The van der Waals surface area contributed by atoms with Gasteiger partial charge in [0.05, 0.1) is 0 Å². The summed E-state index contributed by atoms with van der Waals surface area (Å²) in [6.07, 6.45) is 5.35. The lowest BCUT2D eigenvalue weighted by Gasteiger charge is -2.21. The highest BCUT2D eigenvalue weighted by atomic mass is 35.5. The lowest BCUT2D eigenvalue weighted by molar-refractivity contribution is 0.271. The Hall–Kier alpha value is -1.16. The lowest BCUT2D eigenvalue weighted by atomic mass is 10.2. The van der Waals surface area contributed by atoms with Crippen molar-refractivity contribution in [3.8, 4) is 0 Å². The Kier molecular flexibility index (Phi) is 5.14. The average molecular weight is 296 g/mol. The van der Waals surface area contributed by atoms with Crippen LogP contribution >= 0.6 is 23.2 Å². The standard InChI is InChI=1S/C14H15Cl2N3/c1-2-19(9-11-3-5-17-6-4-11)10-12-8-18-14(16)7-13(12)15/h3-8H,2,9-10H2,1H3. The summed E-state index contributed by atoms with van der Waals surface area (Å²) in [4.78, 5) is 10.4. The highest BCUT2D eigenvalue weighted by molar-refractivity contribution is 6.34. The van der Waals surface area contributed by atoms with Crippen LogP contribution in [0.5, 0.6) is 0 Å². The van der Waals surface area contributed by atoms with Gasteiger partial charge in [0.2, 0.25) is 0 Å². The van der Waals surface area contributed by atoms with Crippen LogP contribution in [0, 0.1) is 0 Å². The summed E-state index contributed by atoms with van der Waals surface area (Å²) in [5.74, 6) is 0. The Morgan fingerprint density at radius 3 is 2.53 bits per heavy atom. The summed E-state index contributed by atoms with van der Waals surface area (Å²) >= 11 is 12.0. The van der Waals surface area contributed by atoms with Crippen LogP contribution in [0.25, 0.3) is 0 Å². The first-order valence-electron chi connectivity index (χ1n) is 6.10. The molecule has 0 aliphatic rings. The fourth-order valence-electron chi connectivity index (χ4n) is 1.82. The van der Waals surface area contributed by atoms with Crippen LogP contribution < -0.4 is 0 Å². The second-order valence-electron chi connectivity index (χ2n) is 4.26. The normalized spacial score (nSPS) is 10.9. The number of nitrogens with zero attached hydrogens (tertiary/aromatic N) is 3. The molecule has 19 heavy (non-hydrogen) atoms. The first-order valence-corrected chi connectivity index (χ1v) is 6.86. The van der Waals surface area contributed by atoms with Gasteiger partial charge in [0, 0.05) is 42.3 Å². The Labute approximate surface area is 123 Å². The summed E-state index contributed by atoms with van der Waals surface area (Å²) in [6, 6.07) is 5.72. The Balaban J connectivity index is 2.06. The van der Waals surface area contributed by atoms with Gasteiger partial charge in [0.25, 0.3) is 0 Å². The Bertz CT molecular complexity index is 531. The second kappa shape index (κ2) is 6.85. The molecule has 0 aliphatic carbocycles. The molecule has 2 rings (SSSR count). The quantitative estimate of drug-likeness (QED) is 0.786. The Morgan fingerprint density at radius 2 is 1.89 bits per heavy atom. The van der Waals surface area contributed by atoms with Gasteiger partial charge in [0.15, 0.2) is 0 Å². The molecule has 5 heteroatoms. The van der Waals surface area contributed by atoms with Gasteiger partial charge in [-0.1, -0.05) is 30.1 Å². The summed E-state index contributed by atoms with van der Waals surface area (Å²) in [7, 11) is 0. The smallest absolute Gasteiger partial charge is 0.130 e. The van der Waals surface area contributed by atoms with Crippen molar-refractivity contribution in [1.29, 1.82) is 0 Å². The molecule has 0 atom stereocenters. The number of aromatic nitrogens is 2. The monoisotopic (exact) mass is 295 g/mol. The maximum atomic E-state index is 6.17. The van der Waals surface area contributed by atoms with Crippen LogP contribution in [0.3, 0.4) is 0 Å². The van der Waals surface area contributed by atoms with Crippen molar-refractivity contribution in [1.82, 2.24) is 14.9 Å². The van der Waals surface area contributed by atoms with E-state index in [1.165, 1.54) is 5.56 Å². The van der Waals surface area contributed by atoms with Crippen LogP contribution in [0.1, 0.15) is 18.1 Å². The number of hydrogen-bond donors (Lipinski definition) is 0. The van der Waals surface area contributed by atoms with Crippen molar-refractivity contribution in [2.75, 3.05) is 6.54 Å². The van der Waals surface area contributed by atoms with Crippen LogP contribution in [0.2, 0.25) is 10.2 Å². The third-order valence-electron chi connectivity index (χ3n) is 2.89. The molecule has 0 saturated heterocycles. The van der Waals surface area contributed by atoms with Crippen molar-refractivity contribution in [3.63, 3.8) is 0 Å². The van der Waals surface area contributed by atoms with E-state index >= 15 is 0 Å². The third kappa shape index (κ3) is 4.16. The molecule has 0 saturated carbocycles. The van der Waals surface area contributed by atoms with Gasteiger partial charge in [-0.2, -0.15) is 0 Å². The molecule has 0 N–H and O–H groups in total. The zero-order valence-electron chi connectivity index (χ0n) is 10.7. The molecule has 2 aromatic rings. The van der Waals surface area contributed by atoms with Crippen LogP contribution in [-0.2, 0) is 13.1 Å². The molecule has 100 valence electrons. The Morgan fingerprint density at radius 1 is 1.16 bits per heavy atom. The van der Waals surface area contributed by atoms with Crippen LogP contribution in [0.15, 0.2) is 36.8 Å². The first kappa shape index (κ1) is 14.3. The highest BCUT2D eigenvalue weighted by Crippen LogP contribution is 2.20. The van der Waals surface area contributed by atoms with Crippen LogP contribution in [0.4, 0.5) is 0 Å². The van der Waals surface area contributed by atoms with Crippen molar-refractivity contribution in [2.24, 2.45) is 0 Å². The number of pyridine rings is 2. The van der Waals surface area contributed by atoms with Crippen LogP contribution in [-0.4, -0.2) is 21.4 Å². The fraction of sp³-hybridized carbons (Fsp3) is 0.286. The SMILES string of the molecule is CCN(Cc1ccncc1)Cc1cnc(Cl)cc1Cl. The minimum Gasteiger partial charge on any atom is -0.295 e. The van der Waals surface area contributed by atoms with E-state index in [4.69, 9.17) is 23.2 Å². The van der Waals surface area contributed by atoms with Gasteiger partial charge >= 0.3 is 0 Å². The number of hydrogen-bond acceptors (Lipinski definition) is 3. The largest absolute Gasteiger partial charge is 0.295 e. The van der Waals surface area contributed by atoms with Gasteiger partial charge in [0.1, 0.15) is 5.15 Å². The molecule has 0 amide bonds. The fourth-order valence-corrected chi connectivity index (χ4v) is 2.24. The number of rotatable bonds is 5. The molecule has 2 aromatic heterocycles. The van der Waals surface area contributed by atoms with E-state index in [0.29, 0.717) is 10.2 Å². The van der Waals surface area contributed by atoms with E-state index in [1.54, 1.807) is 24.7 Å². The molecule has 0 spiro atoms. The molecular weight excluding hydrogens is 281 g/mol. The van der Waals surface area contributed by atoms with Gasteiger partial charge in [-0.15, -0.1) is 0 Å². The van der Waals surface area contributed by atoms with Gasteiger partial charge in [-0.05, 0) is 30.3 Å². The highest BCUT2D eigenvalue weighted by Gasteiger charge is 2.08. The van der Waals surface area contributed by atoms with Gasteiger partial charge in [-0.3, -0.25) is 9.88 Å². The average Bonchev–Trinajstić information content (AvgIpc) is 2.42. The zero-order valence-corrected chi connectivity index (χ0v) is 12.2. The number of halogens is 2. The van der Waals surface area contributed by atoms with Crippen molar-refractivity contribution in [3.05, 3.63) is 58.1 Å². The second-order valence-corrected chi connectivity index (χ2v) is 5.05. The molecular formula is C14H15Cl2N3. The van der Waals surface area contributed by atoms with Crippen molar-refractivity contribution < 1.29 is 0 Å². The van der Waals surface area contributed by atoms with E-state index in [0.717, 1.165) is 25.2 Å². The molecule has 3 nitrogen and oxygen atoms in total. The predicted octanol–water partition coefficient (Wildman–Crippen LogP) is 3.81. The maximum Gasteiger partial charge on any atom is 0.130 e. The first-order chi connectivity index (χ1) is 9.19. The predicted molar refractivity (Wildman–Crippen MR) is 78.3 cm³/mol. The van der Waals surface area contributed by atoms with E-state index < -0.39 is 0 Å². The topological polar surface area (TPSA) is 29.0 Å². The molecule has 0 fully saturated rings. The van der Waals surface area contributed by atoms with Crippen molar-refractivity contribution >= 4 is 23.2 Å². The lowest BCUT2D eigenvalue weighted by Crippen LogP contribution is -2.22. The molecule has 2 heterocycles. The molecule has 0 unspecified atom stereocenters. The minimum atomic E-state index is 0.422. The van der Waals surface area contributed by atoms with E-state index in [-0.39, 0.29) is 0 Å². The van der Waals surface area contributed by atoms with E-state index in [2.05, 4.69) is 21.8 Å². The minimum absolute atomic E-state index is 0.422. The third-order valence-corrected chi connectivity index (χ3v) is 3.45. The zero-order chi connectivity index (χ0) is 13.7. The molecule has 0 bridgehead atoms. The van der Waals surface area contributed by atoms with E-state index in [1.807, 2.05) is 12.1 Å².